The lowest BCUT2D eigenvalue weighted by molar-refractivity contribution is 0.577. The van der Waals surface area contributed by atoms with Gasteiger partial charge in [-0.3, -0.25) is 0 Å². The second-order valence-corrected chi connectivity index (χ2v) is 5.19. The summed E-state index contributed by atoms with van der Waals surface area (Å²) in [5.74, 6) is 0.647. The first-order valence-corrected chi connectivity index (χ1v) is 7.15. The predicted molar refractivity (Wildman–Crippen MR) is 83.6 cm³/mol. The van der Waals surface area contributed by atoms with Gasteiger partial charge in [0.15, 0.2) is 11.4 Å². The van der Waals surface area contributed by atoms with Crippen LogP contribution in [0.3, 0.4) is 0 Å². The largest absolute Gasteiger partial charge is 0.463 e. The van der Waals surface area contributed by atoms with Gasteiger partial charge in [0, 0.05) is 0 Å². The molecule has 0 radical (unpaired) electrons. The molecule has 3 aromatic heterocycles. The lowest BCUT2D eigenvalue weighted by Gasteiger charge is -2.02. The van der Waals surface area contributed by atoms with Gasteiger partial charge in [-0.05, 0) is 17.7 Å². The van der Waals surface area contributed by atoms with E-state index in [1.165, 1.54) is 6.33 Å². The Morgan fingerprint density at radius 1 is 1.05 bits per heavy atom. The fraction of sp³-hybridized carbons (Fsp3) is 0.0625. The third-order valence-corrected chi connectivity index (χ3v) is 3.70. The second kappa shape index (κ2) is 5.27. The zero-order valence-electron chi connectivity index (χ0n) is 11.5. The summed E-state index contributed by atoms with van der Waals surface area (Å²) in [7, 11) is 0. The third-order valence-electron chi connectivity index (χ3n) is 3.41. The van der Waals surface area contributed by atoms with Crippen LogP contribution in [0.15, 0.2) is 59.5 Å². The Kier molecular flexibility index (Phi) is 3.12. The SMILES string of the molecule is Clc1ncnc2c1c(-c1ccco1)nn2Cc1ccccc1. The highest BCUT2D eigenvalue weighted by molar-refractivity contribution is 6.34. The predicted octanol–water partition coefficient (Wildman–Crippen LogP) is 3.79. The Morgan fingerprint density at radius 3 is 2.68 bits per heavy atom. The van der Waals surface area contributed by atoms with E-state index in [4.69, 9.17) is 16.0 Å². The van der Waals surface area contributed by atoms with E-state index in [2.05, 4.69) is 15.1 Å². The van der Waals surface area contributed by atoms with Gasteiger partial charge in [-0.1, -0.05) is 41.9 Å². The Labute approximate surface area is 131 Å². The van der Waals surface area contributed by atoms with Crippen LogP contribution in [0.4, 0.5) is 0 Å². The molecule has 0 spiro atoms. The molecule has 0 fully saturated rings. The van der Waals surface area contributed by atoms with E-state index in [9.17, 15) is 0 Å². The molecule has 0 aliphatic rings. The van der Waals surface area contributed by atoms with Gasteiger partial charge >= 0.3 is 0 Å². The fourth-order valence-electron chi connectivity index (χ4n) is 2.43. The summed E-state index contributed by atoms with van der Waals surface area (Å²) in [4.78, 5) is 8.39. The van der Waals surface area contributed by atoms with Crippen molar-refractivity contribution in [3.05, 3.63) is 65.8 Å². The van der Waals surface area contributed by atoms with Crippen molar-refractivity contribution in [3.8, 4) is 11.5 Å². The van der Waals surface area contributed by atoms with E-state index in [0.717, 1.165) is 5.56 Å². The average molecular weight is 311 g/mol. The van der Waals surface area contributed by atoms with E-state index >= 15 is 0 Å². The zero-order chi connectivity index (χ0) is 14.9. The van der Waals surface area contributed by atoms with Crippen LogP contribution in [-0.4, -0.2) is 19.7 Å². The van der Waals surface area contributed by atoms with Crippen LogP contribution in [0.1, 0.15) is 5.56 Å². The first kappa shape index (κ1) is 13.0. The van der Waals surface area contributed by atoms with Crippen molar-refractivity contribution in [3.63, 3.8) is 0 Å². The summed E-state index contributed by atoms with van der Waals surface area (Å²) in [6, 6.07) is 13.7. The third kappa shape index (κ3) is 2.16. The smallest absolute Gasteiger partial charge is 0.163 e. The minimum atomic E-state index is 0.371. The van der Waals surface area contributed by atoms with Gasteiger partial charge in [0.2, 0.25) is 0 Å². The van der Waals surface area contributed by atoms with Crippen molar-refractivity contribution in [1.82, 2.24) is 19.7 Å². The number of halogens is 1. The van der Waals surface area contributed by atoms with E-state index in [-0.39, 0.29) is 0 Å². The van der Waals surface area contributed by atoms with Gasteiger partial charge in [-0.2, -0.15) is 5.10 Å². The molecule has 4 aromatic rings. The molecule has 0 N–H and O–H groups in total. The Balaban J connectivity index is 1.91. The molecule has 0 saturated carbocycles. The molecule has 5 nitrogen and oxygen atoms in total. The minimum Gasteiger partial charge on any atom is -0.463 e. The quantitative estimate of drug-likeness (QED) is 0.540. The topological polar surface area (TPSA) is 56.7 Å². The summed E-state index contributed by atoms with van der Waals surface area (Å²) >= 11 is 6.25. The van der Waals surface area contributed by atoms with E-state index in [1.807, 2.05) is 47.1 Å². The van der Waals surface area contributed by atoms with Crippen LogP contribution in [-0.2, 0) is 6.54 Å². The molecule has 108 valence electrons. The number of furan rings is 1. The maximum absolute atomic E-state index is 6.25. The molecular weight excluding hydrogens is 300 g/mol. The number of nitrogens with zero attached hydrogens (tertiary/aromatic N) is 4. The molecule has 6 heteroatoms. The maximum atomic E-state index is 6.25. The van der Waals surface area contributed by atoms with Crippen LogP contribution in [0.25, 0.3) is 22.5 Å². The zero-order valence-corrected chi connectivity index (χ0v) is 12.2. The summed E-state index contributed by atoms with van der Waals surface area (Å²) in [6.07, 6.45) is 3.05. The van der Waals surface area contributed by atoms with Crippen molar-refractivity contribution in [1.29, 1.82) is 0 Å². The Hall–Kier alpha value is -2.66. The van der Waals surface area contributed by atoms with Crippen LogP contribution < -0.4 is 0 Å². The number of hydrogen-bond acceptors (Lipinski definition) is 4. The number of aromatic nitrogens is 4. The van der Waals surface area contributed by atoms with Gasteiger partial charge in [-0.15, -0.1) is 0 Å². The molecule has 0 bridgehead atoms. The normalized spacial score (nSPS) is 11.1. The van der Waals surface area contributed by atoms with Crippen molar-refractivity contribution >= 4 is 22.6 Å². The monoisotopic (exact) mass is 310 g/mol. The van der Waals surface area contributed by atoms with E-state index in [1.54, 1.807) is 6.26 Å². The van der Waals surface area contributed by atoms with E-state index < -0.39 is 0 Å². The number of benzene rings is 1. The number of hydrogen-bond donors (Lipinski definition) is 0. The molecule has 0 unspecified atom stereocenters. The average Bonchev–Trinajstić information content (AvgIpc) is 3.17. The Bertz CT molecular complexity index is 916. The molecule has 4 rings (SSSR count). The first-order valence-electron chi connectivity index (χ1n) is 6.78. The lowest BCUT2D eigenvalue weighted by Crippen LogP contribution is -2.02. The second-order valence-electron chi connectivity index (χ2n) is 4.83. The number of rotatable bonds is 3. The molecular formula is C16H11ClN4O. The fourth-order valence-corrected chi connectivity index (χ4v) is 2.64. The highest BCUT2D eigenvalue weighted by Gasteiger charge is 2.18. The number of fused-ring (bicyclic) bond motifs is 1. The maximum Gasteiger partial charge on any atom is 0.163 e. The van der Waals surface area contributed by atoms with Gasteiger partial charge in [0.25, 0.3) is 0 Å². The van der Waals surface area contributed by atoms with E-state index in [0.29, 0.717) is 34.2 Å². The highest BCUT2D eigenvalue weighted by atomic mass is 35.5. The van der Waals surface area contributed by atoms with Gasteiger partial charge in [0.1, 0.15) is 17.2 Å². The highest BCUT2D eigenvalue weighted by Crippen LogP contribution is 2.31. The van der Waals surface area contributed by atoms with Crippen molar-refractivity contribution in [2.75, 3.05) is 0 Å². The van der Waals surface area contributed by atoms with Crippen LogP contribution in [0, 0.1) is 0 Å². The van der Waals surface area contributed by atoms with Crippen molar-refractivity contribution < 1.29 is 4.42 Å². The molecule has 0 amide bonds. The molecule has 3 heterocycles. The standard InChI is InChI=1S/C16H11ClN4O/c17-15-13-14(12-7-4-8-22-12)20-21(16(13)19-10-18-15)9-11-5-2-1-3-6-11/h1-8,10H,9H2. The summed E-state index contributed by atoms with van der Waals surface area (Å²) in [6.45, 7) is 0.603. The van der Waals surface area contributed by atoms with Gasteiger partial charge < -0.3 is 4.42 Å². The summed E-state index contributed by atoms with van der Waals surface area (Å²) in [5.41, 5.74) is 2.48. The van der Waals surface area contributed by atoms with Crippen molar-refractivity contribution in [2.45, 2.75) is 6.54 Å². The Morgan fingerprint density at radius 2 is 1.91 bits per heavy atom. The molecule has 0 aliphatic heterocycles. The molecule has 22 heavy (non-hydrogen) atoms. The molecule has 0 aliphatic carbocycles. The van der Waals surface area contributed by atoms with Crippen LogP contribution in [0.5, 0.6) is 0 Å². The lowest BCUT2D eigenvalue weighted by atomic mass is 10.2. The molecule has 1 aromatic carbocycles. The van der Waals surface area contributed by atoms with Gasteiger partial charge in [0.05, 0.1) is 18.2 Å². The summed E-state index contributed by atoms with van der Waals surface area (Å²) in [5, 5.41) is 5.70. The molecule has 0 atom stereocenters. The molecule has 0 saturated heterocycles. The summed E-state index contributed by atoms with van der Waals surface area (Å²) < 4.78 is 7.27. The van der Waals surface area contributed by atoms with Crippen LogP contribution >= 0.6 is 11.6 Å². The van der Waals surface area contributed by atoms with Crippen LogP contribution in [0.2, 0.25) is 5.15 Å². The first-order chi connectivity index (χ1) is 10.8. The van der Waals surface area contributed by atoms with Crippen molar-refractivity contribution in [2.24, 2.45) is 0 Å². The van der Waals surface area contributed by atoms with Gasteiger partial charge in [-0.25, -0.2) is 14.6 Å². The minimum absolute atomic E-state index is 0.371.